The molecule has 1 aliphatic carbocycles. The van der Waals surface area contributed by atoms with Crippen LogP contribution in [0.3, 0.4) is 0 Å². The third kappa shape index (κ3) is 4.59. The van der Waals surface area contributed by atoms with Crippen molar-refractivity contribution in [1.29, 1.82) is 0 Å². The molecule has 8 nitrogen and oxygen atoms in total. The van der Waals surface area contributed by atoms with Crippen molar-refractivity contribution < 1.29 is 23.9 Å². The first-order valence-electron chi connectivity index (χ1n) is 11.2. The van der Waals surface area contributed by atoms with Crippen molar-refractivity contribution in [2.45, 2.75) is 45.3 Å². The van der Waals surface area contributed by atoms with Gasteiger partial charge in [-0.25, -0.2) is 4.39 Å². The summed E-state index contributed by atoms with van der Waals surface area (Å²) in [7, 11) is 1.61. The Bertz CT molecular complexity index is 1330. The lowest BCUT2D eigenvalue weighted by atomic mass is 9.76. The summed E-state index contributed by atoms with van der Waals surface area (Å²) < 4.78 is 15.2. The molecule has 1 fully saturated rings. The maximum Gasteiger partial charge on any atom is 0.294 e. The molecule has 0 saturated heterocycles. The Morgan fingerprint density at radius 2 is 1.91 bits per heavy atom. The van der Waals surface area contributed by atoms with Gasteiger partial charge in [0.15, 0.2) is 0 Å². The average molecular weight is 479 g/mol. The fourth-order valence-corrected chi connectivity index (χ4v) is 4.71. The zero-order chi connectivity index (χ0) is 25.5. The summed E-state index contributed by atoms with van der Waals surface area (Å²) in [5, 5.41) is 15.1. The van der Waals surface area contributed by atoms with Crippen LogP contribution in [0.25, 0.3) is 11.3 Å². The van der Waals surface area contributed by atoms with Gasteiger partial charge in [-0.2, -0.15) is 0 Å². The van der Waals surface area contributed by atoms with Gasteiger partial charge in [-0.05, 0) is 75.1 Å². The molecule has 1 aliphatic rings. The lowest BCUT2D eigenvalue weighted by molar-refractivity contribution is -0.121. The Kier molecular flexibility index (Phi) is 6.29. The minimum absolute atomic E-state index is 0.0743. The van der Waals surface area contributed by atoms with Gasteiger partial charge in [-0.3, -0.25) is 19.4 Å². The van der Waals surface area contributed by atoms with Crippen LogP contribution in [0.2, 0.25) is 0 Å². The SMILES string of the molecule is Cc1cc(NC(=O)c2c(C)c(C(=O)C(=O)N[C@]3(C)C[C@H](O)C3)n(C)c2-c2cccnc2)ccc1F. The Hall–Kier alpha value is -3.85. The number of amides is 2. The molecule has 2 aromatic heterocycles. The van der Waals surface area contributed by atoms with Crippen LogP contribution in [-0.4, -0.2) is 43.9 Å². The lowest BCUT2D eigenvalue weighted by Gasteiger charge is -2.42. The number of aliphatic hydroxyl groups excluding tert-OH is 1. The van der Waals surface area contributed by atoms with Gasteiger partial charge in [0.05, 0.1) is 23.1 Å². The third-order valence-corrected chi connectivity index (χ3v) is 6.42. The molecule has 0 aliphatic heterocycles. The van der Waals surface area contributed by atoms with Crippen molar-refractivity contribution in [2.24, 2.45) is 7.05 Å². The van der Waals surface area contributed by atoms with Crippen LogP contribution in [0.5, 0.6) is 0 Å². The van der Waals surface area contributed by atoms with E-state index in [0.29, 0.717) is 40.9 Å². The molecule has 4 rings (SSSR count). The normalized spacial score (nSPS) is 19.1. The van der Waals surface area contributed by atoms with Gasteiger partial charge < -0.3 is 20.3 Å². The number of benzene rings is 1. The minimum atomic E-state index is -0.804. The molecule has 1 saturated carbocycles. The second-order valence-corrected chi connectivity index (χ2v) is 9.32. The van der Waals surface area contributed by atoms with Gasteiger partial charge in [0.1, 0.15) is 5.82 Å². The number of nitrogens with zero attached hydrogens (tertiary/aromatic N) is 2. The highest BCUT2D eigenvalue weighted by molar-refractivity contribution is 6.43. The van der Waals surface area contributed by atoms with Gasteiger partial charge in [0, 0.05) is 36.2 Å². The maximum atomic E-state index is 13.7. The van der Waals surface area contributed by atoms with E-state index in [4.69, 9.17) is 0 Å². The van der Waals surface area contributed by atoms with Gasteiger partial charge in [-0.15, -0.1) is 0 Å². The predicted molar refractivity (Wildman–Crippen MR) is 129 cm³/mol. The van der Waals surface area contributed by atoms with Crippen LogP contribution < -0.4 is 10.6 Å². The number of aryl methyl sites for hydroxylation is 1. The van der Waals surface area contributed by atoms with Crippen LogP contribution in [-0.2, 0) is 11.8 Å². The first-order valence-corrected chi connectivity index (χ1v) is 11.2. The molecule has 0 radical (unpaired) electrons. The minimum Gasteiger partial charge on any atom is -0.393 e. The number of ketones is 1. The van der Waals surface area contributed by atoms with Crippen molar-refractivity contribution >= 4 is 23.3 Å². The number of carbonyl (C=O) groups excluding carboxylic acids is 3. The number of aromatic nitrogens is 2. The molecule has 0 unspecified atom stereocenters. The smallest absolute Gasteiger partial charge is 0.294 e. The zero-order valence-corrected chi connectivity index (χ0v) is 20.0. The van der Waals surface area contributed by atoms with Gasteiger partial charge >= 0.3 is 0 Å². The number of hydrogen-bond donors (Lipinski definition) is 3. The van der Waals surface area contributed by atoms with Gasteiger partial charge in [0.2, 0.25) is 0 Å². The second-order valence-electron chi connectivity index (χ2n) is 9.32. The summed E-state index contributed by atoms with van der Waals surface area (Å²) in [5.41, 5.74) is 1.76. The van der Waals surface area contributed by atoms with E-state index in [2.05, 4.69) is 15.6 Å². The molecule has 2 amide bonds. The van der Waals surface area contributed by atoms with Crippen molar-refractivity contribution in [3.63, 3.8) is 0 Å². The van der Waals surface area contributed by atoms with E-state index in [0.717, 1.165) is 0 Å². The van der Waals surface area contributed by atoms with Crippen molar-refractivity contribution in [3.8, 4) is 11.3 Å². The number of nitrogens with one attached hydrogen (secondary N) is 2. The van der Waals surface area contributed by atoms with Crippen LogP contribution in [0.1, 0.15) is 51.7 Å². The fourth-order valence-electron chi connectivity index (χ4n) is 4.71. The van der Waals surface area contributed by atoms with Gasteiger partial charge in [-0.1, -0.05) is 0 Å². The predicted octanol–water partition coefficient (Wildman–Crippen LogP) is 3.31. The average Bonchev–Trinajstić information content (AvgIpc) is 3.05. The number of halogens is 1. The first kappa shape index (κ1) is 24.3. The largest absolute Gasteiger partial charge is 0.393 e. The number of hydrogen-bond acceptors (Lipinski definition) is 5. The highest BCUT2D eigenvalue weighted by Crippen LogP contribution is 2.34. The summed E-state index contributed by atoms with van der Waals surface area (Å²) in [6.45, 7) is 4.98. The van der Waals surface area contributed by atoms with E-state index in [1.165, 1.54) is 22.8 Å². The third-order valence-electron chi connectivity index (χ3n) is 6.42. The number of pyridine rings is 1. The molecule has 0 atom stereocenters. The number of Topliss-reactive ketones (excluding diaryl/α,β-unsaturated/α-hetero) is 1. The zero-order valence-electron chi connectivity index (χ0n) is 20.0. The molecule has 9 heteroatoms. The van der Waals surface area contributed by atoms with Crippen LogP contribution in [0.15, 0.2) is 42.7 Å². The van der Waals surface area contributed by atoms with Crippen molar-refractivity contribution in [2.75, 3.05) is 5.32 Å². The summed E-state index contributed by atoms with van der Waals surface area (Å²) in [4.78, 5) is 43.7. The molecule has 0 bridgehead atoms. The topological polar surface area (TPSA) is 113 Å². The molecule has 0 spiro atoms. The maximum absolute atomic E-state index is 13.7. The van der Waals surface area contributed by atoms with E-state index >= 15 is 0 Å². The highest BCUT2D eigenvalue weighted by Gasteiger charge is 2.42. The Morgan fingerprint density at radius 1 is 1.20 bits per heavy atom. The van der Waals surface area contributed by atoms with E-state index in [-0.39, 0.29) is 17.1 Å². The summed E-state index contributed by atoms with van der Waals surface area (Å²) in [6, 6.07) is 7.70. The van der Waals surface area contributed by atoms with Crippen molar-refractivity contribution in [3.05, 3.63) is 70.9 Å². The number of rotatable bonds is 6. The lowest BCUT2D eigenvalue weighted by Crippen LogP contribution is -2.58. The Labute approximate surface area is 202 Å². The fraction of sp³-hybridized carbons (Fsp3) is 0.308. The first-order chi connectivity index (χ1) is 16.5. The molecule has 3 N–H and O–H groups in total. The van der Waals surface area contributed by atoms with E-state index in [9.17, 15) is 23.9 Å². The molecule has 35 heavy (non-hydrogen) atoms. The van der Waals surface area contributed by atoms with E-state index in [1.807, 2.05) is 0 Å². The standard InChI is InChI=1S/C26H27FN4O4/c1-14-10-17(7-8-19(14)27)29-24(34)20-15(2)21(31(4)22(20)16-6-5-9-28-13-16)23(33)25(35)30-26(3)11-18(32)12-26/h5-10,13,18,32H,11-12H2,1-4H3,(H,29,34)(H,30,35)/t18-,26+. The molecule has 3 aromatic rings. The highest BCUT2D eigenvalue weighted by atomic mass is 19.1. The van der Waals surface area contributed by atoms with Crippen molar-refractivity contribution in [1.82, 2.24) is 14.9 Å². The second kappa shape index (κ2) is 9.07. The molecular formula is C26H27FN4O4. The molecule has 2 heterocycles. The summed E-state index contributed by atoms with van der Waals surface area (Å²) >= 11 is 0. The summed E-state index contributed by atoms with van der Waals surface area (Å²) in [6.07, 6.45) is 3.38. The molecule has 182 valence electrons. The van der Waals surface area contributed by atoms with Crippen LogP contribution in [0.4, 0.5) is 10.1 Å². The number of anilines is 1. The van der Waals surface area contributed by atoms with E-state index in [1.54, 1.807) is 52.3 Å². The molecular weight excluding hydrogens is 451 g/mol. The van der Waals surface area contributed by atoms with Crippen LogP contribution in [0, 0.1) is 19.7 Å². The number of carbonyl (C=O) groups is 3. The molecule has 1 aromatic carbocycles. The quantitative estimate of drug-likeness (QED) is 0.372. The summed E-state index contributed by atoms with van der Waals surface area (Å²) in [5.74, 6) is -2.48. The van der Waals surface area contributed by atoms with E-state index < -0.39 is 29.2 Å². The monoisotopic (exact) mass is 478 g/mol. The number of aliphatic hydroxyl groups is 1. The Morgan fingerprint density at radius 3 is 2.51 bits per heavy atom. The van der Waals surface area contributed by atoms with Crippen LogP contribution >= 0.6 is 0 Å². The van der Waals surface area contributed by atoms with Gasteiger partial charge in [0.25, 0.3) is 17.6 Å². The Balaban J connectivity index is 1.75.